The molecule has 3 rings (SSSR count). The Kier molecular flexibility index (Phi) is 6.86. The van der Waals surface area contributed by atoms with E-state index >= 15 is 0 Å². The molecule has 1 heterocycles. The number of hydrazone groups is 1. The van der Waals surface area contributed by atoms with E-state index in [0.29, 0.717) is 16.6 Å². The fourth-order valence-electron chi connectivity index (χ4n) is 2.39. The highest BCUT2D eigenvalue weighted by Gasteiger charge is 2.12. The minimum atomic E-state index is -0.428. The number of rotatable bonds is 8. The molecule has 0 aliphatic carbocycles. The van der Waals surface area contributed by atoms with E-state index in [1.54, 1.807) is 13.2 Å². The van der Waals surface area contributed by atoms with Crippen molar-refractivity contribution in [2.24, 2.45) is 5.10 Å². The van der Waals surface area contributed by atoms with E-state index in [4.69, 9.17) is 10.6 Å². The Hall–Kier alpha value is -3.60. The van der Waals surface area contributed by atoms with Gasteiger partial charge in [0.2, 0.25) is 11.1 Å². The molecule has 2 aromatic carbocycles. The monoisotopic (exact) mass is 429 g/mol. The minimum absolute atomic E-state index is 0.0257. The van der Waals surface area contributed by atoms with Crippen LogP contribution < -0.4 is 21.3 Å². The summed E-state index contributed by atoms with van der Waals surface area (Å²) >= 11 is 1.09. The Morgan fingerprint density at radius 1 is 1.27 bits per heavy atom. The summed E-state index contributed by atoms with van der Waals surface area (Å²) in [5.41, 5.74) is 4.70. The summed E-state index contributed by atoms with van der Waals surface area (Å²) in [4.78, 5) is 12.0. The lowest BCUT2D eigenvalue weighted by Crippen LogP contribution is -2.17. The molecule has 4 N–H and O–H groups in total. The van der Waals surface area contributed by atoms with Crippen LogP contribution in [0, 0.1) is 5.82 Å². The molecule has 0 unspecified atom stereocenters. The molecular formula is C19H20FN7O2S. The third kappa shape index (κ3) is 5.47. The van der Waals surface area contributed by atoms with Gasteiger partial charge in [-0.05, 0) is 37.3 Å². The number of nitrogens with two attached hydrogens (primary N) is 1. The Bertz CT molecular complexity index is 1070. The molecule has 0 aliphatic rings. The Morgan fingerprint density at radius 3 is 2.83 bits per heavy atom. The third-order valence-corrected chi connectivity index (χ3v) is 4.86. The van der Waals surface area contributed by atoms with Crippen LogP contribution in [0.5, 0.6) is 5.75 Å². The number of nitrogens with zero attached hydrogens (tertiary/aromatic N) is 4. The van der Waals surface area contributed by atoms with E-state index in [-0.39, 0.29) is 17.6 Å². The quantitative estimate of drug-likeness (QED) is 0.218. The fourth-order valence-corrected chi connectivity index (χ4v) is 3.05. The van der Waals surface area contributed by atoms with Crippen LogP contribution in [-0.2, 0) is 4.79 Å². The number of methoxy groups -OCH3 is 1. The number of nitrogens with one attached hydrogen (secondary N) is 2. The molecule has 156 valence electrons. The number of carbonyl (C=O) groups excluding carboxylic acids is 1. The predicted octanol–water partition coefficient (Wildman–Crippen LogP) is 2.71. The van der Waals surface area contributed by atoms with Crippen molar-refractivity contribution in [3.05, 3.63) is 59.9 Å². The van der Waals surface area contributed by atoms with Crippen LogP contribution in [0.2, 0.25) is 0 Å². The zero-order chi connectivity index (χ0) is 21.5. The summed E-state index contributed by atoms with van der Waals surface area (Å²) in [5, 5.41) is 15.1. The SMILES string of the molecule is COc1cccc(/C(C)=N/Nc2nnc(SCC(=O)Nc3cccc(F)c3)n2N)c1. The van der Waals surface area contributed by atoms with E-state index < -0.39 is 5.82 Å². The highest BCUT2D eigenvalue weighted by atomic mass is 32.2. The standard InChI is InChI=1S/C19H20FN7O2S/c1-12(13-5-3-8-16(9-13)29-2)23-24-18-25-26-19(27(18)21)30-11-17(28)22-15-7-4-6-14(20)10-15/h3-10H,11,21H2,1-2H3,(H,22,28)(H,24,25)/b23-12+. The van der Waals surface area contributed by atoms with E-state index in [2.05, 4.69) is 26.0 Å². The van der Waals surface area contributed by atoms with Crippen molar-refractivity contribution in [3.63, 3.8) is 0 Å². The van der Waals surface area contributed by atoms with Crippen molar-refractivity contribution >= 4 is 35.0 Å². The predicted molar refractivity (Wildman–Crippen MR) is 115 cm³/mol. The summed E-state index contributed by atoms with van der Waals surface area (Å²) in [5.74, 6) is 6.18. The fraction of sp³-hybridized carbons (Fsp3) is 0.158. The third-order valence-electron chi connectivity index (χ3n) is 3.92. The number of amides is 1. The molecule has 0 bridgehead atoms. The normalized spacial score (nSPS) is 11.2. The van der Waals surface area contributed by atoms with Crippen LogP contribution in [-0.4, -0.2) is 39.4 Å². The van der Waals surface area contributed by atoms with Crippen molar-refractivity contribution in [1.82, 2.24) is 14.9 Å². The van der Waals surface area contributed by atoms with Crippen LogP contribution in [0.25, 0.3) is 0 Å². The van der Waals surface area contributed by atoms with Gasteiger partial charge in [0.1, 0.15) is 11.6 Å². The molecule has 3 aromatic rings. The Labute approximate surface area is 176 Å². The van der Waals surface area contributed by atoms with E-state index in [1.807, 2.05) is 31.2 Å². The Morgan fingerprint density at radius 2 is 2.07 bits per heavy atom. The number of aromatic nitrogens is 3. The first kappa shape index (κ1) is 21.1. The lowest BCUT2D eigenvalue weighted by molar-refractivity contribution is -0.113. The topological polar surface area (TPSA) is 119 Å². The van der Waals surface area contributed by atoms with Gasteiger partial charge in [-0.25, -0.2) is 14.5 Å². The molecule has 9 nitrogen and oxygen atoms in total. The maximum absolute atomic E-state index is 13.2. The van der Waals surface area contributed by atoms with Gasteiger partial charge in [0, 0.05) is 11.3 Å². The Balaban J connectivity index is 1.58. The number of thioether (sulfide) groups is 1. The zero-order valence-electron chi connectivity index (χ0n) is 16.3. The van der Waals surface area contributed by atoms with Crippen molar-refractivity contribution in [2.45, 2.75) is 12.1 Å². The van der Waals surface area contributed by atoms with Gasteiger partial charge in [-0.15, -0.1) is 10.2 Å². The first-order valence-electron chi connectivity index (χ1n) is 8.79. The molecule has 0 atom stereocenters. The molecular weight excluding hydrogens is 409 g/mol. The summed E-state index contributed by atoms with van der Waals surface area (Å²) in [7, 11) is 1.60. The largest absolute Gasteiger partial charge is 0.497 e. The van der Waals surface area contributed by atoms with Gasteiger partial charge in [0.05, 0.1) is 18.6 Å². The number of hydrogen-bond donors (Lipinski definition) is 3. The number of ether oxygens (including phenoxy) is 1. The molecule has 0 aliphatic heterocycles. The van der Waals surface area contributed by atoms with Gasteiger partial charge in [0.15, 0.2) is 0 Å². The average molecular weight is 429 g/mol. The maximum Gasteiger partial charge on any atom is 0.264 e. The number of carbonyl (C=O) groups is 1. The second-order valence-electron chi connectivity index (χ2n) is 6.06. The second kappa shape index (κ2) is 9.74. The van der Waals surface area contributed by atoms with Crippen LogP contribution in [0.4, 0.5) is 16.0 Å². The molecule has 30 heavy (non-hydrogen) atoms. The molecule has 0 fully saturated rings. The number of halogens is 1. The smallest absolute Gasteiger partial charge is 0.264 e. The highest BCUT2D eigenvalue weighted by molar-refractivity contribution is 7.99. The van der Waals surface area contributed by atoms with Crippen LogP contribution in [0.1, 0.15) is 12.5 Å². The van der Waals surface area contributed by atoms with Gasteiger partial charge >= 0.3 is 0 Å². The van der Waals surface area contributed by atoms with Gasteiger partial charge in [-0.1, -0.05) is 30.0 Å². The van der Waals surface area contributed by atoms with Crippen LogP contribution >= 0.6 is 11.8 Å². The lowest BCUT2D eigenvalue weighted by atomic mass is 10.1. The van der Waals surface area contributed by atoms with Crippen molar-refractivity contribution < 1.29 is 13.9 Å². The molecule has 1 aromatic heterocycles. The average Bonchev–Trinajstić information content (AvgIpc) is 3.10. The number of anilines is 2. The van der Waals surface area contributed by atoms with Crippen molar-refractivity contribution in [3.8, 4) is 5.75 Å². The van der Waals surface area contributed by atoms with Crippen molar-refractivity contribution in [2.75, 3.05) is 29.4 Å². The van der Waals surface area contributed by atoms with Crippen LogP contribution in [0.3, 0.4) is 0 Å². The van der Waals surface area contributed by atoms with Crippen molar-refractivity contribution in [1.29, 1.82) is 0 Å². The first-order valence-corrected chi connectivity index (χ1v) is 9.78. The molecule has 0 radical (unpaired) electrons. The molecule has 0 saturated heterocycles. The van der Waals surface area contributed by atoms with Gasteiger partial charge in [-0.2, -0.15) is 5.10 Å². The molecule has 1 amide bonds. The summed E-state index contributed by atoms with van der Waals surface area (Å²) in [6.07, 6.45) is 0. The number of hydrogen-bond acceptors (Lipinski definition) is 8. The van der Waals surface area contributed by atoms with Gasteiger partial charge in [0.25, 0.3) is 5.95 Å². The van der Waals surface area contributed by atoms with E-state index in [0.717, 1.165) is 23.1 Å². The summed E-state index contributed by atoms with van der Waals surface area (Å²) < 4.78 is 19.6. The summed E-state index contributed by atoms with van der Waals surface area (Å²) in [6.45, 7) is 1.82. The zero-order valence-corrected chi connectivity index (χ0v) is 17.1. The first-order chi connectivity index (χ1) is 14.5. The lowest BCUT2D eigenvalue weighted by Gasteiger charge is -2.06. The van der Waals surface area contributed by atoms with Gasteiger partial charge in [-0.3, -0.25) is 4.79 Å². The van der Waals surface area contributed by atoms with E-state index in [9.17, 15) is 9.18 Å². The highest BCUT2D eigenvalue weighted by Crippen LogP contribution is 2.18. The minimum Gasteiger partial charge on any atom is -0.497 e. The van der Waals surface area contributed by atoms with Crippen LogP contribution in [0.15, 0.2) is 58.8 Å². The second-order valence-corrected chi connectivity index (χ2v) is 7.01. The number of benzene rings is 2. The summed E-state index contributed by atoms with van der Waals surface area (Å²) in [6, 6.07) is 13.1. The maximum atomic E-state index is 13.2. The molecule has 0 saturated carbocycles. The van der Waals surface area contributed by atoms with Gasteiger partial charge < -0.3 is 15.9 Å². The molecule has 0 spiro atoms. The number of nitrogen functional groups attached to an aromatic ring is 1. The molecule has 11 heteroatoms. The van der Waals surface area contributed by atoms with E-state index in [1.165, 1.54) is 22.9 Å².